The summed E-state index contributed by atoms with van der Waals surface area (Å²) in [5.41, 5.74) is 1.41. The van der Waals surface area contributed by atoms with Gasteiger partial charge in [-0.1, -0.05) is 0 Å². The molecule has 0 spiro atoms. The summed E-state index contributed by atoms with van der Waals surface area (Å²) in [4.78, 5) is 1.32. The van der Waals surface area contributed by atoms with Crippen molar-refractivity contribution in [3.05, 3.63) is 71.6 Å². The van der Waals surface area contributed by atoms with Gasteiger partial charge in [0.05, 0.1) is 0 Å². The van der Waals surface area contributed by atoms with Crippen molar-refractivity contribution in [3.8, 4) is 0 Å². The Morgan fingerprint density at radius 3 is 2.30 bits per heavy atom. The summed E-state index contributed by atoms with van der Waals surface area (Å²) in [6.45, 7) is 2.28. The molecule has 0 saturated heterocycles. The van der Waals surface area contributed by atoms with E-state index in [4.69, 9.17) is 0 Å². The normalized spacial score (nSPS) is 11.6. The summed E-state index contributed by atoms with van der Waals surface area (Å²) >= 11 is 1.78. The summed E-state index contributed by atoms with van der Waals surface area (Å²) in [5.74, 6) is 0. The second kappa shape index (κ2) is 9.29. The van der Waals surface area contributed by atoms with Crippen LogP contribution >= 0.6 is 11.8 Å². The standard InChI is InChI=1S/C18H20STe/c1-2-3-14-20-18(16-10-6-4-7-11-16)15-19-17-12-8-5-9-13-17/h4-13,15H,2-3,14H2,1H3/b18-15-. The zero-order chi connectivity index (χ0) is 14.0. The first kappa shape index (κ1) is 15.7. The van der Waals surface area contributed by atoms with Gasteiger partial charge in [-0.25, -0.2) is 0 Å². The predicted molar refractivity (Wildman–Crippen MR) is 92.2 cm³/mol. The van der Waals surface area contributed by atoms with Gasteiger partial charge in [0, 0.05) is 0 Å². The van der Waals surface area contributed by atoms with Gasteiger partial charge in [0.2, 0.25) is 0 Å². The first-order valence-corrected chi connectivity index (χ1v) is 10.7. The van der Waals surface area contributed by atoms with E-state index in [1.165, 1.54) is 27.8 Å². The van der Waals surface area contributed by atoms with E-state index < -0.39 is 0 Å². The summed E-state index contributed by atoms with van der Waals surface area (Å²) in [6.07, 6.45) is 2.67. The predicted octanol–water partition coefficient (Wildman–Crippen LogP) is 5.70. The van der Waals surface area contributed by atoms with E-state index in [-0.39, 0.29) is 20.9 Å². The second-order valence-corrected chi connectivity index (χ2v) is 8.67. The molecule has 2 aromatic rings. The molecule has 0 aromatic heterocycles. The molecule has 104 valence electrons. The molecular weight excluding hydrogens is 376 g/mol. The van der Waals surface area contributed by atoms with Gasteiger partial charge < -0.3 is 0 Å². The van der Waals surface area contributed by atoms with Crippen LogP contribution in [0.4, 0.5) is 0 Å². The van der Waals surface area contributed by atoms with Gasteiger partial charge in [-0.15, -0.1) is 0 Å². The van der Waals surface area contributed by atoms with E-state index in [2.05, 4.69) is 73.0 Å². The monoisotopic (exact) mass is 398 g/mol. The van der Waals surface area contributed by atoms with Crippen molar-refractivity contribution >= 4 is 36.3 Å². The summed E-state index contributed by atoms with van der Waals surface area (Å²) in [6, 6.07) is 21.5. The fourth-order valence-electron chi connectivity index (χ4n) is 1.73. The molecule has 2 heteroatoms. The Bertz CT molecular complexity index is 520. The van der Waals surface area contributed by atoms with Crippen LogP contribution in [0, 0.1) is 0 Å². The SMILES string of the molecule is CCCC[Te]/C(=C\Sc1ccccc1)c1ccccc1. The van der Waals surface area contributed by atoms with Crippen molar-refractivity contribution < 1.29 is 0 Å². The van der Waals surface area contributed by atoms with Gasteiger partial charge in [0.25, 0.3) is 0 Å². The van der Waals surface area contributed by atoms with E-state index in [9.17, 15) is 0 Å². The Kier molecular flexibility index (Phi) is 7.30. The molecule has 0 heterocycles. The third-order valence-electron chi connectivity index (χ3n) is 2.86. The quantitative estimate of drug-likeness (QED) is 0.329. The number of benzene rings is 2. The summed E-state index contributed by atoms with van der Waals surface area (Å²) in [7, 11) is 0. The van der Waals surface area contributed by atoms with E-state index in [1.807, 2.05) is 11.8 Å². The molecule has 0 N–H and O–H groups in total. The van der Waals surface area contributed by atoms with Crippen LogP contribution in [0.2, 0.25) is 4.47 Å². The zero-order valence-electron chi connectivity index (χ0n) is 11.8. The molecule has 0 bridgehead atoms. The van der Waals surface area contributed by atoms with Crippen molar-refractivity contribution in [1.29, 1.82) is 0 Å². The molecule has 2 aromatic carbocycles. The van der Waals surface area contributed by atoms with Gasteiger partial charge >= 0.3 is 137 Å². The Balaban J connectivity index is 2.09. The van der Waals surface area contributed by atoms with Crippen LogP contribution in [0.15, 0.2) is 71.0 Å². The molecule has 0 unspecified atom stereocenters. The minimum atomic E-state index is -0.0748. The average Bonchev–Trinajstić information content (AvgIpc) is 2.52. The summed E-state index contributed by atoms with van der Waals surface area (Å²) < 4.78 is 2.98. The van der Waals surface area contributed by atoms with Crippen LogP contribution in [-0.2, 0) is 0 Å². The number of hydrogen-bond donors (Lipinski definition) is 0. The first-order valence-electron chi connectivity index (χ1n) is 7.00. The number of thioether (sulfide) groups is 1. The Morgan fingerprint density at radius 2 is 1.65 bits per heavy atom. The van der Waals surface area contributed by atoms with Gasteiger partial charge in [-0.3, -0.25) is 0 Å². The minimum absolute atomic E-state index is 0.0748. The molecule has 0 amide bonds. The van der Waals surface area contributed by atoms with Gasteiger partial charge in [0.15, 0.2) is 0 Å². The first-order chi connectivity index (χ1) is 9.90. The molecule has 0 radical (unpaired) electrons. The molecule has 0 aliphatic carbocycles. The second-order valence-electron chi connectivity index (χ2n) is 4.48. The van der Waals surface area contributed by atoms with Crippen LogP contribution in [-0.4, -0.2) is 20.9 Å². The van der Waals surface area contributed by atoms with Crippen molar-refractivity contribution in [3.63, 3.8) is 0 Å². The van der Waals surface area contributed by atoms with Crippen LogP contribution in [0.3, 0.4) is 0 Å². The van der Waals surface area contributed by atoms with E-state index >= 15 is 0 Å². The maximum atomic E-state index is 2.38. The van der Waals surface area contributed by atoms with Crippen LogP contribution in [0.1, 0.15) is 25.3 Å². The van der Waals surface area contributed by atoms with Gasteiger partial charge in [-0.2, -0.15) is 0 Å². The maximum absolute atomic E-state index is 2.38. The molecule has 0 aliphatic rings. The van der Waals surface area contributed by atoms with Crippen LogP contribution in [0.5, 0.6) is 0 Å². The fourth-order valence-corrected chi connectivity index (χ4v) is 6.22. The van der Waals surface area contributed by atoms with Gasteiger partial charge in [0.1, 0.15) is 0 Å². The Morgan fingerprint density at radius 1 is 1.00 bits per heavy atom. The Hall–Kier alpha value is -0.680. The third-order valence-corrected chi connectivity index (χ3v) is 7.53. The molecule has 0 aliphatic heterocycles. The van der Waals surface area contributed by atoms with Crippen molar-refractivity contribution in [2.75, 3.05) is 0 Å². The third kappa shape index (κ3) is 5.37. The molecule has 20 heavy (non-hydrogen) atoms. The number of rotatable bonds is 7. The zero-order valence-corrected chi connectivity index (χ0v) is 14.9. The molecular formula is C18H20STe. The number of hydrogen-bond acceptors (Lipinski definition) is 1. The van der Waals surface area contributed by atoms with Crippen LogP contribution in [0.25, 0.3) is 3.62 Å². The summed E-state index contributed by atoms with van der Waals surface area (Å²) in [5, 5.41) is 2.38. The topological polar surface area (TPSA) is 0 Å². The van der Waals surface area contributed by atoms with E-state index in [1.54, 1.807) is 3.62 Å². The van der Waals surface area contributed by atoms with E-state index in [0.29, 0.717) is 0 Å². The molecule has 0 atom stereocenters. The molecule has 2 rings (SSSR count). The molecule has 0 nitrogen and oxygen atoms in total. The van der Waals surface area contributed by atoms with Crippen LogP contribution < -0.4 is 0 Å². The molecule has 0 saturated carbocycles. The fraction of sp³-hybridized carbons (Fsp3) is 0.222. The van der Waals surface area contributed by atoms with Crippen molar-refractivity contribution in [2.24, 2.45) is 0 Å². The van der Waals surface area contributed by atoms with E-state index in [0.717, 1.165) is 0 Å². The Labute approximate surface area is 136 Å². The van der Waals surface area contributed by atoms with Crippen molar-refractivity contribution in [2.45, 2.75) is 29.1 Å². The van der Waals surface area contributed by atoms with Gasteiger partial charge in [-0.05, 0) is 0 Å². The number of unbranched alkanes of at least 4 members (excludes halogenated alkanes) is 1. The molecule has 0 fully saturated rings. The average molecular weight is 396 g/mol. The van der Waals surface area contributed by atoms with Crippen molar-refractivity contribution in [1.82, 2.24) is 0 Å².